The van der Waals surface area contributed by atoms with Gasteiger partial charge < -0.3 is 14.7 Å². The van der Waals surface area contributed by atoms with Crippen molar-refractivity contribution in [3.05, 3.63) is 28.5 Å². The second-order valence-electron chi connectivity index (χ2n) is 5.08. The molecule has 2 atom stereocenters. The number of piperidine rings is 1. The van der Waals surface area contributed by atoms with Crippen LogP contribution in [0.5, 0.6) is 5.75 Å². The first-order valence-corrected chi connectivity index (χ1v) is 6.82. The van der Waals surface area contributed by atoms with Crippen LogP contribution in [0, 0.1) is 11.7 Å². The molecule has 1 N–H and O–H groups in total. The van der Waals surface area contributed by atoms with Crippen molar-refractivity contribution in [1.82, 2.24) is 4.90 Å². The van der Waals surface area contributed by atoms with Crippen LogP contribution in [-0.4, -0.2) is 42.2 Å². The van der Waals surface area contributed by atoms with Crippen molar-refractivity contribution < 1.29 is 19.0 Å². The van der Waals surface area contributed by atoms with Gasteiger partial charge in [-0.1, -0.05) is 18.5 Å². The van der Waals surface area contributed by atoms with Gasteiger partial charge in [-0.3, -0.25) is 4.79 Å². The number of hydrogen-bond acceptors (Lipinski definition) is 3. The standard InChI is InChI=1S/C14H17ClFNO3/c1-8-3-4-17(7-12(8)20-2)14(19)9-5-10(15)13(18)11(16)6-9/h5-6,8,12,18H,3-4,7H2,1-2H3/t8-,12+/m0/s1. The van der Waals surface area contributed by atoms with Crippen LogP contribution in [0.2, 0.25) is 5.02 Å². The molecule has 6 heteroatoms. The van der Waals surface area contributed by atoms with Gasteiger partial charge in [-0.15, -0.1) is 0 Å². The van der Waals surface area contributed by atoms with Crippen LogP contribution in [0.4, 0.5) is 4.39 Å². The fourth-order valence-electron chi connectivity index (χ4n) is 2.40. The van der Waals surface area contributed by atoms with Crippen molar-refractivity contribution in [3.8, 4) is 5.75 Å². The number of phenolic OH excluding ortho intramolecular Hbond substituents is 1. The lowest BCUT2D eigenvalue weighted by atomic mass is 9.95. The van der Waals surface area contributed by atoms with E-state index < -0.39 is 11.6 Å². The lowest BCUT2D eigenvalue weighted by Crippen LogP contribution is -2.46. The van der Waals surface area contributed by atoms with E-state index in [0.717, 1.165) is 12.5 Å². The van der Waals surface area contributed by atoms with Crippen molar-refractivity contribution in [1.29, 1.82) is 0 Å². The quantitative estimate of drug-likeness (QED) is 0.913. The molecule has 0 bridgehead atoms. The number of ether oxygens (including phenoxy) is 1. The second kappa shape index (κ2) is 5.97. The van der Waals surface area contributed by atoms with Crippen molar-refractivity contribution in [3.63, 3.8) is 0 Å². The number of rotatable bonds is 2. The summed E-state index contributed by atoms with van der Waals surface area (Å²) in [4.78, 5) is 14.0. The maximum absolute atomic E-state index is 13.4. The Hall–Kier alpha value is -1.33. The number of phenols is 1. The third-order valence-corrected chi connectivity index (χ3v) is 4.03. The Morgan fingerprint density at radius 3 is 2.85 bits per heavy atom. The molecule has 4 nitrogen and oxygen atoms in total. The molecule has 0 saturated carbocycles. The highest BCUT2D eigenvalue weighted by Crippen LogP contribution is 2.29. The second-order valence-corrected chi connectivity index (χ2v) is 5.49. The highest BCUT2D eigenvalue weighted by atomic mass is 35.5. The lowest BCUT2D eigenvalue weighted by Gasteiger charge is -2.36. The Balaban J connectivity index is 2.19. The summed E-state index contributed by atoms with van der Waals surface area (Å²) >= 11 is 5.70. The van der Waals surface area contributed by atoms with Crippen molar-refractivity contribution in [2.45, 2.75) is 19.4 Å². The van der Waals surface area contributed by atoms with Gasteiger partial charge in [0.25, 0.3) is 5.91 Å². The maximum Gasteiger partial charge on any atom is 0.254 e. The molecule has 1 fully saturated rings. The molecule has 20 heavy (non-hydrogen) atoms. The molecule has 1 aliphatic heterocycles. The molecule has 2 rings (SSSR count). The molecule has 0 radical (unpaired) electrons. The number of benzene rings is 1. The summed E-state index contributed by atoms with van der Waals surface area (Å²) in [6.45, 7) is 3.14. The Kier molecular flexibility index (Phi) is 4.50. The summed E-state index contributed by atoms with van der Waals surface area (Å²) in [6.07, 6.45) is 0.809. The molecule has 1 aromatic carbocycles. The van der Waals surface area contributed by atoms with Crippen LogP contribution in [0.3, 0.4) is 0 Å². The van der Waals surface area contributed by atoms with E-state index in [1.807, 2.05) is 0 Å². The smallest absolute Gasteiger partial charge is 0.254 e. The van der Waals surface area contributed by atoms with E-state index >= 15 is 0 Å². The molecular formula is C14H17ClFNO3. The lowest BCUT2D eigenvalue weighted by molar-refractivity contribution is -0.00158. The topological polar surface area (TPSA) is 49.8 Å². The van der Waals surface area contributed by atoms with Crippen LogP contribution >= 0.6 is 11.6 Å². The first-order valence-electron chi connectivity index (χ1n) is 6.44. The van der Waals surface area contributed by atoms with Crippen LogP contribution in [-0.2, 0) is 4.74 Å². The summed E-state index contributed by atoms with van der Waals surface area (Å²) in [5.41, 5.74) is 0.134. The fourth-order valence-corrected chi connectivity index (χ4v) is 2.60. The van der Waals surface area contributed by atoms with Crippen molar-refractivity contribution in [2.24, 2.45) is 5.92 Å². The largest absolute Gasteiger partial charge is 0.504 e. The molecular weight excluding hydrogens is 285 g/mol. The normalized spacial score (nSPS) is 22.9. The predicted molar refractivity (Wildman–Crippen MR) is 73.6 cm³/mol. The Morgan fingerprint density at radius 1 is 1.55 bits per heavy atom. The maximum atomic E-state index is 13.4. The third-order valence-electron chi connectivity index (χ3n) is 3.74. The number of hydrogen-bond donors (Lipinski definition) is 1. The monoisotopic (exact) mass is 301 g/mol. The van der Waals surface area contributed by atoms with E-state index in [1.54, 1.807) is 12.0 Å². The molecule has 0 spiro atoms. The molecule has 0 aromatic heterocycles. The number of aromatic hydroxyl groups is 1. The van der Waals surface area contributed by atoms with Gasteiger partial charge in [0.1, 0.15) is 0 Å². The minimum atomic E-state index is -0.894. The molecule has 0 aliphatic carbocycles. The summed E-state index contributed by atoms with van der Waals surface area (Å²) in [7, 11) is 1.62. The van der Waals surface area contributed by atoms with Crippen molar-refractivity contribution in [2.75, 3.05) is 20.2 Å². The van der Waals surface area contributed by atoms with E-state index in [9.17, 15) is 14.3 Å². The van der Waals surface area contributed by atoms with E-state index in [0.29, 0.717) is 19.0 Å². The minimum absolute atomic E-state index is 0.0230. The number of nitrogens with zero attached hydrogens (tertiary/aromatic N) is 1. The van der Waals surface area contributed by atoms with Gasteiger partial charge in [-0.05, 0) is 24.5 Å². The fraction of sp³-hybridized carbons (Fsp3) is 0.500. The van der Waals surface area contributed by atoms with E-state index in [4.69, 9.17) is 16.3 Å². The summed E-state index contributed by atoms with van der Waals surface area (Å²) in [6, 6.07) is 2.28. The van der Waals surface area contributed by atoms with Crippen LogP contribution in [0.25, 0.3) is 0 Å². The number of amides is 1. The van der Waals surface area contributed by atoms with Gasteiger partial charge in [-0.2, -0.15) is 0 Å². The number of carbonyl (C=O) groups excluding carboxylic acids is 1. The van der Waals surface area contributed by atoms with Gasteiger partial charge in [0.15, 0.2) is 11.6 Å². The average Bonchev–Trinajstić information content (AvgIpc) is 2.44. The van der Waals surface area contributed by atoms with Gasteiger partial charge in [0, 0.05) is 25.8 Å². The molecule has 110 valence electrons. The minimum Gasteiger partial charge on any atom is -0.504 e. The first kappa shape index (κ1) is 15.1. The van der Waals surface area contributed by atoms with Crippen molar-refractivity contribution >= 4 is 17.5 Å². The van der Waals surface area contributed by atoms with E-state index in [1.165, 1.54) is 6.07 Å². The zero-order valence-electron chi connectivity index (χ0n) is 11.4. The van der Waals surface area contributed by atoms with Crippen LogP contribution in [0.15, 0.2) is 12.1 Å². The summed E-state index contributed by atoms with van der Waals surface area (Å²) in [5, 5.41) is 9.12. The SMILES string of the molecule is CO[C@@H]1CN(C(=O)c2cc(F)c(O)c(Cl)c2)CC[C@@H]1C. The number of halogens is 2. The first-order chi connectivity index (χ1) is 9.43. The van der Waals surface area contributed by atoms with Crippen LogP contribution in [0.1, 0.15) is 23.7 Å². The third kappa shape index (κ3) is 2.88. The summed E-state index contributed by atoms with van der Waals surface area (Å²) in [5.74, 6) is -1.45. The molecule has 1 aliphatic rings. The van der Waals surface area contributed by atoms with Crippen LogP contribution < -0.4 is 0 Å². The molecule has 1 aromatic rings. The van der Waals surface area contributed by atoms with E-state index in [2.05, 4.69) is 6.92 Å². The highest BCUT2D eigenvalue weighted by molar-refractivity contribution is 6.32. The highest BCUT2D eigenvalue weighted by Gasteiger charge is 2.29. The van der Waals surface area contributed by atoms with Gasteiger partial charge in [0.2, 0.25) is 0 Å². The zero-order chi connectivity index (χ0) is 14.9. The Bertz CT molecular complexity index is 500. The molecule has 1 heterocycles. The molecule has 0 unspecified atom stereocenters. The Morgan fingerprint density at radius 2 is 2.25 bits per heavy atom. The Labute approximate surface area is 122 Å². The number of carbonyl (C=O) groups is 1. The van der Waals surface area contributed by atoms with E-state index in [-0.39, 0.29) is 22.6 Å². The van der Waals surface area contributed by atoms with Gasteiger partial charge >= 0.3 is 0 Å². The number of methoxy groups -OCH3 is 1. The molecule has 1 amide bonds. The van der Waals surface area contributed by atoms with Gasteiger partial charge in [0.05, 0.1) is 11.1 Å². The number of likely N-dealkylation sites (tertiary alicyclic amines) is 1. The predicted octanol–water partition coefficient (Wildman–Crippen LogP) is 2.68. The molecule has 1 saturated heterocycles. The zero-order valence-corrected chi connectivity index (χ0v) is 12.2. The summed E-state index contributed by atoms with van der Waals surface area (Å²) < 4.78 is 18.8. The average molecular weight is 302 g/mol. The van der Waals surface area contributed by atoms with Gasteiger partial charge in [-0.25, -0.2) is 4.39 Å².